The minimum atomic E-state index is -0.538. The molecule has 2 aromatic carbocycles. The zero-order valence-corrected chi connectivity index (χ0v) is 17.1. The first kappa shape index (κ1) is 21.8. The molecule has 2 rings (SSSR count). The van der Waals surface area contributed by atoms with E-state index in [2.05, 4.69) is 5.32 Å². The summed E-state index contributed by atoms with van der Waals surface area (Å²) in [5, 5.41) is 3.23. The molecule has 1 atom stereocenters. The highest BCUT2D eigenvalue weighted by atomic mass is 35.5. The second-order valence-electron chi connectivity index (χ2n) is 6.42. The summed E-state index contributed by atoms with van der Waals surface area (Å²) in [7, 11) is 1.58. The molecule has 2 amide bonds. The molecular formula is C22H27ClN2O3. The van der Waals surface area contributed by atoms with Gasteiger partial charge >= 0.3 is 0 Å². The van der Waals surface area contributed by atoms with Gasteiger partial charge in [-0.15, -0.1) is 0 Å². The number of nitrogens with one attached hydrogen (secondary N) is 1. The van der Waals surface area contributed by atoms with E-state index >= 15 is 0 Å². The lowest BCUT2D eigenvalue weighted by Crippen LogP contribution is -2.48. The smallest absolute Gasteiger partial charge is 0.242 e. The monoisotopic (exact) mass is 402 g/mol. The lowest BCUT2D eigenvalue weighted by molar-refractivity contribution is -0.141. The molecule has 0 aliphatic carbocycles. The summed E-state index contributed by atoms with van der Waals surface area (Å²) in [6, 6.07) is 16.3. The lowest BCUT2D eigenvalue weighted by Gasteiger charge is -2.30. The van der Waals surface area contributed by atoms with E-state index in [1.165, 1.54) is 0 Å². The Morgan fingerprint density at radius 1 is 1.11 bits per heavy atom. The maximum atomic E-state index is 12.9. The number of para-hydroxylation sites is 1. The van der Waals surface area contributed by atoms with Gasteiger partial charge in [-0.1, -0.05) is 54.9 Å². The van der Waals surface area contributed by atoms with Crippen molar-refractivity contribution in [2.75, 3.05) is 13.7 Å². The zero-order chi connectivity index (χ0) is 20.4. The summed E-state index contributed by atoms with van der Waals surface area (Å²) < 4.78 is 5.66. The van der Waals surface area contributed by atoms with Crippen LogP contribution in [0.4, 0.5) is 0 Å². The van der Waals surface area contributed by atoms with Crippen molar-refractivity contribution in [2.45, 2.75) is 38.8 Å². The van der Waals surface area contributed by atoms with Crippen molar-refractivity contribution >= 4 is 23.4 Å². The number of amides is 2. The number of ether oxygens (including phenoxy) is 1. The summed E-state index contributed by atoms with van der Waals surface area (Å²) in [5.41, 5.74) is 0.820. The van der Waals surface area contributed by atoms with Crippen LogP contribution in [0.1, 0.15) is 31.7 Å². The molecule has 0 aliphatic rings. The number of rotatable bonds is 10. The number of halogens is 1. The topological polar surface area (TPSA) is 58.6 Å². The normalized spacial score (nSPS) is 11.5. The third-order valence-corrected chi connectivity index (χ3v) is 4.85. The standard InChI is InChI=1S/C22H27ClN2O3/c1-3-20(22(27)24-2)25(16-17-10-7-8-13-19(17)23)21(26)14-9-15-28-18-11-5-4-6-12-18/h4-8,10-13,20H,3,9,14-16H2,1-2H3,(H,24,27). The average Bonchev–Trinajstić information content (AvgIpc) is 2.72. The van der Waals surface area contributed by atoms with Crippen LogP contribution in [0.15, 0.2) is 54.6 Å². The maximum Gasteiger partial charge on any atom is 0.242 e. The summed E-state index contributed by atoms with van der Waals surface area (Å²) in [6.45, 7) is 2.63. The highest BCUT2D eigenvalue weighted by molar-refractivity contribution is 6.31. The molecule has 0 aromatic heterocycles. The third kappa shape index (κ3) is 6.27. The fourth-order valence-corrected chi connectivity index (χ4v) is 3.17. The minimum Gasteiger partial charge on any atom is -0.494 e. The number of likely N-dealkylation sites (N-methyl/N-ethyl adjacent to an activating group) is 1. The molecule has 0 bridgehead atoms. The first-order chi connectivity index (χ1) is 13.6. The number of carbonyl (C=O) groups excluding carboxylic acids is 2. The Kier molecular flexibility index (Phi) is 8.82. The van der Waals surface area contributed by atoms with Crippen molar-refractivity contribution in [1.82, 2.24) is 10.2 Å². The molecule has 0 radical (unpaired) electrons. The van der Waals surface area contributed by atoms with Crippen LogP contribution in [0.2, 0.25) is 5.02 Å². The molecule has 0 aliphatic heterocycles. The van der Waals surface area contributed by atoms with Gasteiger partial charge in [0.15, 0.2) is 0 Å². The van der Waals surface area contributed by atoms with Crippen LogP contribution in [0.25, 0.3) is 0 Å². The van der Waals surface area contributed by atoms with Gasteiger partial charge in [0, 0.05) is 25.0 Å². The van der Waals surface area contributed by atoms with Crippen LogP contribution >= 0.6 is 11.6 Å². The number of benzene rings is 2. The largest absolute Gasteiger partial charge is 0.494 e. The summed E-state index contributed by atoms with van der Waals surface area (Å²) in [6.07, 6.45) is 1.39. The Morgan fingerprint density at radius 2 is 1.79 bits per heavy atom. The zero-order valence-electron chi connectivity index (χ0n) is 16.4. The van der Waals surface area contributed by atoms with Gasteiger partial charge in [-0.2, -0.15) is 0 Å². The van der Waals surface area contributed by atoms with Gasteiger partial charge in [0.25, 0.3) is 0 Å². The van der Waals surface area contributed by atoms with Crippen molar-refractivity contribution in [1.29, 1.82) is 0 Å². The molecule has 1 unspecified atom stereocenters. The Bertz CT molecular complexity index is 767. The molecule has 0 saturated carbocycles. The third-order valence-electron chi connectivity index (χ3n) is 4.48. The number of nitrogens with zero attached hydrogens (tertiary/aromatic N) is 1. The molecule has 5 nitrogen and oxygen atoms in total. The van der Waals surface area contributed by atoms with Crippen molar-refractivity contribution < 1.29 is 14.3 Å². The van der Waals surface area contributed by atoms with E-state index in [4.69, 9.17) is 16.3 Å². The van der Waals surface area contributed by atoms with Gasteiger partial charge in [0.05, 0.1) is 6.61 Å². The molecule has 0 heterocycles. The minimum absolute atomic E-state index is 0.0907. The Labute approximate surface area is 171 Å². The van der Waals surface area contributed by atoms with Gasteiger partial charge in [0.2, 0.25) is 11.8 Å². The van der Waals surface area contributed by atoms with E-state index in [-0.39, 0.29) is 11.8 Å². The molecule has 0 fully saturated rings. The van der Waals surface area contributed by atoms with Gasteiger partial charge in [-0.3, -0.25) is 9.59 Å². The highest BCUT2D eigenvalue weighted by Gasteiger charge is 2.28. The highest BCUT2D eigenvalue weighted by Crippen LogP contribution is 2.20. The molecule has 0 saturated heterocycles. The van der Waals surface area contributed by atoms with Gasteiger partial charge in [-0.25, -0.2) is 0 Å². The van der Waals surface area contributed by atoms with Crippen LogP contribution < -0.4 is 10.1 Å². The second-order valence-corrected chi connectivity index (χ2v) is 6.82. The summed E-state index contributed by atoms with van der Waals surface area (Å²) >= 11 is 6.27. The first-order valence-electron chi connectivity index (χ1n) is 9.49. The summed E-state index contributed by atoms with van der Waals surface area (Å²) in [5.74, 6) is 0.509. The van der Waals surface area contributed by atoms with E-state index in [1.54, 1.807) is 18.0 Å². The predicted molar refractivity (Wildman–Crippen MR) is 111 cm³/mol. The lowest BCUT2D eigenvalue weighted by atomic mass is 10.1. The van der Waals surface area contributed by atoms with E-state index in [9.17, 15) is 9.59 Å². The Hall–Kier alpha value is -2.53. The Morgan fingerprint density at radius 3 is 2.43 bits per heavy atom. The van der Waals surface area contributed by atoms with Crippen molar-refractivity contribution in [2.24, 2.45) is 0 Å². The van der Waals surface area contributed by atoms with Gasteiger partial charge in [-0.05, 0) is 36.6 Å². The van der Waals surface area contributed by atoms with E-state index in [0.29, 0.717) is 37.4 Å². The van der Waals surface area contributed by atoms with Crippen molar-refractivity contribution in [3.05, 3.63) is 65.2 Å². The predicted octanol–water partition coefficient (Wildman–Crippen LogP) is 4.05. The molecule has 6 heteroatoms. The number of hydrogen-bond donors (Lipinski definition) is 1. The molecule has 0 spiro atoms. The van der Waals surface area contributed by atoms with E-state index in [0.717, 1.165) is 11.3 Å². The second kappa shape index (κ2) is 11.3. The van der Waals surface area contributed by atoms with E-state index < -0.39 is 6.04 Å². The average molecular weight is 403 g/mol. The molecule has 2 aromatic rings. The Balaban J connectivity index is 2.03. The van der Waals surface area contributed by atoms with Crippen LogP contribution in [-0.2, 0) is 16.1 Å². The molecular weight excluding hydrogens is 376 g/mol. The number of carbonyl (C=O) groups is 2. The molecule has 150 valence electrons. The summed E-state index contributed by atoms with van der Waals surface area (Å²) in [4.78, 5) is 26.9. The van der Waals surface area contributed by atoms with Crippen molar-refractivity contribution in [3.8, 4) is 5.75 Å². The van der Waals surface area contributed by atoms with Crippen LogP contribution in [0.3, 0.4) is 0 Å². The fourth-order valence-electron chi connectivity index (χ4n) is 2.97. The van der Waals surface area contributed by atoms with Crippen molar-refractivity contribution in [3.63, 3.8) is 0 Å². The van der Waals surface area contributed by atoms with Crippen LogP contribution in [0, 0.1) is 0 Å². The van der Waals surface area contributed by atoms with Gasteiger partial charge < -0.3 is 15.0 Å². The van der Waals surface area contributed by atoms with Gasteiger partial charge in [0.1, 0.15) is 11.8 Å². The quantitative estimate of drug-likeness (QED) is 0.610. The SMILES string of the molecule is CCC(C(=O)NC)N(Cc1ccccc1Cl)C(=O)CCCOc1ccccc1. The molecule has 28 heavy (non-hydrogen) atoms. The fraction of sp³-hybridized carbons (Fsp3) is 0.364. The number of hydrogen-bond acceptors (Lipinski definition) is 3. The molecule has 1 N–H and O–H groups in total. The first-order valence-corrected chi connectivity index (χ1v) is 9.87. The van der Waals surface area contributed by atoms with Crippen LogP contribution in [0.5, 0.6) is 5.75 Å². The van der Waals surface area contributed by atoms with E-state index in [1.807, 2.05) is 55.5 Å². The maximum absolute atomic E-state index is 12.9. The van der Waals surface area contributed by atoms with Crippen LogP contribution in [-0.4, -0.2) is 36.4 Å².